The zero-order valence-electron chi connectivity index (χ0n) is 10.6. The Hall–Kier alpha value is -0.0900. The number of carbonyl (C=O) groups excluding carboxylic acids is 1. The van der Waals surface area contributed by atoms with Gasteiger partial charge in [-0.2, -0.15) is 0 Å². The highest BCUT2D eigenvalue weighted by Crippen LogP contribution is 2.27. The Labute approximate surface area is 112 Å². The van der Waals surface area contributed by atoms with E-state index in [1.165, 1.54) is 25.8 Å². The fourth-order valence-corrected chi connectivity index (χ4v) is 3.82. The molecule has 98 valence electrons. The molecule has 4 heteroatoms. The molecule has 0 aromatic rings. The van der Waals surface area contributed by atoms with Gasteiger partial charge in [0, 0.05) is 17.9 Å². The van der Waals surface area contributed by atoms with Crippen LogP contribution < -0.4 is 5.32 Å². The minimum absolute atomic E-state index is 0.273. The number of likely N-dealkylation sites (tertiary alicyclic amines) is 1. The first-order chi connectivity index (χ1) is 8.22. The molecule has 2 heterocycles. The Kier molecular flexibility index (Phi) is 4.86. The van der Waals surface area contributed by atoms with Crippen molar-refractivity contribution >= 4 is 21.8 Å². The Morgan fingerprint density at radius 2 is 2.35 bits per heavy atom. The molecule has 1 N–H and O–H groups in total. The van der Waals surface area contributed by atoms with Crippen LogP contribution in [-0.2, 0) is 4.79 Å². The van der Waals surface area contributed by atoms with E-state index < -0.39 is 0 Å². The van der Waals surface area contributed by atoms with Crippen molar-refractivity contribution < 1.29 is 4.79 Å². The smallest absolute Gasteiger partial charge is 0.224 e. The van der Waals surface area contributed by atoms with Gasteiger partial charge in [0.05, 0.1) is 5.92 Å². The number of carbonyl (C=O) groups is 1. The van der Waals surface area contributed by atoms with Crippen LogP contribution in [0.1, 0.15) is 32.6 Å². The molecule has 2 saturated heterocycles. The van der Waals surface area contributed by atoms with Crippen LogP contribution in [0.25, 0.3) is 0 Å². The van der Waals surface area contributed by atoms with E-state index in [4.69, 9.17) is 0 Å². The number of halogens is 1. The summed E-state index contributed by atoms with van der Waals surface area (Å²) in [4.78, 5) is 14.2. The average molecular weight is 303 g/mol. The number of nitrogens with zero attached hydrogens (tertiary/aromatic N) is 1. The number of alkyl halides is 1. The molecule has 0 aromatic heterocycles. The van der Waals surface area contributed by atoms with Gasteiger partial charge in [0.1, 0.15) is 0 Å². The summed E-state index contributed by atoms with van der Waals surface area (Å²) in [6, 6.07) is 0.479. The van der Waals surface area contributed by atoms with Crippen molar-refractivity contribution in [3.8, 4) is 0 Å². The van der Waals surface area contributed by atoms with Crippen molar-refractivity contribution in [2.45, 2.75) is 38.6 Å². The normalized spacial score (nSPS) is 31.1. The second-order valence-corrected chi connectivity index (χ2v) is 6.26. The van der Waals surface area contributed by atoms with E-state index in [0.29, 0.717) is 6.04 Å². The monoisotopic (exact) mass is 302 g/mol. The Morgan fingerprint density at radius 3 is 3.12 bits per heavy atom. The van der Waals surface area contributed by atoms with E-state index in [0.717, 1.165) is 30.8 Å². The fourth-order valence-electron chi connectivity index (χ4n) is 3.03. The van der Waals surface area contributed by atoms with Gasteiger partial charge in [-0.05, 0) is 44.7 Å². The SMILES string of the molecule is CC(CCBr)CCN1CCCC2C(=O)NCC21. The molecule has 1 amide bonds. The summed E-state index contributed by atoms with van der Waals surface area (Å²) in [6.45, 7) is 5.53. The molecule has 0 radical (unpaired) electrons. The number of piperidine rings is 1. The molecule has 2 aliphatic rings. The van der Waals surface area contributed by atoms with E-state index >= 15 is 0 Å². The van der Waals surface area contributed by atoms with E-state index in [2.05, 4.69) is 33.1 Å². The maximum atomic E-state index is 11.7. The van der Waals surface area contributed by atoms with Gasteiger partial charge in [0.25, 0.3) is 0 Å². The zero-order chi connectivity index (χ0) is 12.3. The predicted molar refractivity (Wildman–Crippen MR) is 73.3 cm³/mol. The van der Waals surface area contributed by atoms with E-state index in [9.17, 15) is 4.79 Å². The molecule has 0 saturated carbocycles. The molecule has 2 rings (SSSR count). The quantitative estimate of drug-likeness (QED) is 0.788. The summed E-state index contributed by atoms with van der Waals surface area (Å²) in [5.74, 6) is 1.34. The molecule has 0 bridgehead atoms. The number of amides is 1. The number of hydrogen-bond donors (Lipinski definition) is 1. The first-order valence-electron chi connectivity index (χ1n) is 6.80. The molecular weight excluding hydrogens is 280 g/mol. The van der Waals surface area contributed by atoms with Crippen LogP contribution in [0.2, 0.25) is 0 Å². The van der Waals surface area contributed by atoms with Crippen molar-refractivity contribution in [2.24, 2.45) is 11.8 Å². The van der Waals surface area contributed by atoms with Gasteiger partial charge in [0.15, 0.2) is 0 Å². The lowest BCUT2D eigenvalue weighted by Gasteiger charge is -2.36. The van der Waals surface area contributed by atoms with E-state index in [1.807, 2.05) is 0 Å². The Bertz CT molecular complexity index is 272. The van der Waals surface area contributed by atoms with Crippen LogP contribution in [0, 0.1) is 11.8 Å². The lowest BCUT2D eigenvalue weighted by atomic mass is 9.91. The summed E-state index contributed by atoms with van der Waals surface area (Å²) in [5, 5.41) is 4.11. The van der Waals surface area contributed by atoms with Crippen molar-refractivity contribution in [2.75, 3.05) is 25.0 Å². The minimum atomic E-state index is 0.273. The first kappa shape index (κ1) is 13.3. The molecular formula is C13H23BrN2O. The molecule has 2 aliphatic heterocycles. The molecule has 17 heavy (non-hydrogen) atoms. The summed E-state index contributed by atoms with van der Waals surface area (Å²) in [6.07, 6.45) is 4.77. The summed E-state index contributed by atoms with van der Waals surface area (Å²) in [5.41, 5.74) is 0. The largest absolute Gasteiger partial charge is 0.354 e. The molecule has 3 nitrogen and oxygen atoms in total. The third-order valence-corrected chi connectivity index (χ3v) is 4.68. The van der Waals surface area contributed by atoms with Crippen molar-refractivity contribution in [3.63, 3.8) is 0 Å². The fraction of sp³-hybridized carbons (Fsp3) is 0.923. The predicted octanol–water partition coefficient (Wildman–Crippen LogP) is 2.01. The zero-order valence-corrected chi connectivity index (χ0v) is 12.2. The number of nitrogens with one attached hydrogen (secondary N) is 1. The highest BCUT2D eigenvalue weighted by atomic mass is 79.9. The highest BCUT2D eigenvalue weighted by Gasteiger charge is 2.40. The van der Waals surface area contributed by atoms with Crippen LogP contribution in [0.5, 0.6) is 0 Å². The van der Waals surface area contributed by atoms with Gasteiger partial charge in [-0.15, -0.1) is 0 Å². The minimum Gasteiger partial charge on any atom is -0.354 e. The topological polar surface area (TPSA) is 32.3 Å². The molecule has 3 unspecified atom stereocenters. The van der Waals surface area contributed by atoms with Crippen LogP contribution in [0.4, 0.5) is 0 Å². The Balaban J connectivity index is 1.82. The number of hydrogen-bond acceptors (Lipinski definition) is 2. The lowest BCUT2D eigenvalue weighted by Crippen LogP contribution is -2.46. The second-order valence-electron chi connectivity index (χ2n) is 5.47. The maximum Gasteiger partial charge on any atom is 0.224 e. The van der Waals surface area contributed by atoms with Crippen molar-refractivity contribution in [3.05, 3.63) is 0 Å². The van der Waals surface area contributed by atoms with Crippen molar-refractivity contribution in [1.29, 1.82) is 0 Å². The number of rotatable bonds is 5. The Morgan fingerprint density at radius 1 is 1.53 bits per heavy atom. The summed E-state index contributed by atoms with van der Waals surface area (Å²) >= 11 is 3.50. The molecule has 0 spiro atoms. The summed E-state index contributed by atoms with van der Waals surface area (Å²) < 4.78 is 0. The average Bonchev–Trinajstić information content (AvgIpc) is 2.70. The van der Waals surface area contributed by atoms with Gasteiger partial charge < -0.3 is 5.32 Å². The summed E-state index contributed by atoms with van der Waals surface area (Å²) in [7, 11) is 0. The third kappa shape index (κ3) is 3.22. The third-order valence-electron chi connectivity index (χ3n) is 4.23. The van der Waals surface area contributed by atoms with Gasteiger partial charge in [0.2, 0.25) is 5.91 Å². The van der Waals surface area contributed by atoms with Crippen LogP contribution in [-0.4, -0.2) is 41.8 Å². The van der Waals surface area contributed by atoms with E-state index in [-0.39, 0.29) is 11.8 Å². The van der Waals surface area contributed by atoms with Crippen LogP contribution in [0.3, 0.4) is 0 Å². The van der Waals surface area contributed by atoms with Gasteiger partial charge >= 0.3 is 0 Å². The van der Waals surface area contributed by atoms with Crippen LogP contribution in [0.15, 0.2) is 0 Å². The highest BCUT2D eigenvalue weighted by molar-refractivity contribution is 9.09. The molecule has 2 fully saturated rings. The van der Waals surface area contributed by atoms with Crippen LogP contribution >= 0.6 is 15.9 Å². The number of fused-ring (bicyclic) bond motifs is 1. The maximum absolute atomic E-state index is 11.7. The van der Waals surface area contributed by atoms with Gasteiger partial charge in [-0.3, -0.25) is 9.69 Å². The molecule has 0 aliphatic carbocycles. The van der Waals surface area contributed by atoms with Gasteiger partial charge in [-0.1, -0.05) is 22.9 Å². The lowest BCUT2D eigenvalue weighted by molar-refractivity contribution is -0.124. The van der Waals surface area contributed by atoms with Crippen molar-refractivity contribution in [1.82, 2.24) is 10.2 Å². The molecule has 3 atom stereocenters. The standard InChI is InChI=1S/C13H23BrN2O/c1-10(4-6-14)5-8-16-7-2-3-11-12(16)9-15-13(11)17/h10-12H,2-9H2,1H3,(H,15,17). The van der Waals surface area contributed by atoms with Gasteiger partial charge in [-0.25, -0.2) is 0 Å². The second kappa shape index (κ2) is 6.19. The first-order valence-corrected chi connectivity index (χ1v) is 7.92. The van der Waals surface area contributed by atoms with E-state index in [1.54, 1.807) is 0 Å². The molecule has 0 aromatic carbocycles.